The topological polar surface area (TPSA) is 73.4 Å². The third kappa shape index (κ3) is 4.38. The molecule has 34 heavy (non-hydrogen) atoms. The summed E-state index contributed by atoms with van der Waals surface area (Å²) in [6.07, 6.45) is 8.29. The van der Waals surface area contributed by atoms with Gasteiger partial charge in [-0.25, -0.2) is 0 Å². The minimum absolute atomic E-state index is 0.0422. The van der Waals surface area contributed by atoms with Crippen LogP contribution < -0.4 is 10.6 Å². The molecule has 3 unspecified atom stereocenters. The number of nitrogen functional groups attached to an aromatic ring is 1. The van der Waals surface area contributed by atoms with Crippen LogP contribution in [0.5, 0.6) is 0 Å². The molecule has 0 spiro atoms. The van der Waals surface area contributed by atoms with Crippen LogP contribution in [0.3, 0.4) is 0 Å². The molecule has 2 fully saturated rings. The molecule has 1 saturated heterocycles. The minimum Gasteiger partial charge on any atom is -0.384 e. The van der Waals surface area contributed by atoms with Crippen molar-refractivity contribution in [2.75, 3.05) is 11.4 Å². The average molecular weight is 459 g/mol. The lowest BCUT2D eigenvalue weighted by Gasteiger charge is -2.43. The van der Waals surface area contributed by atoms with Crippen LogP contribution in [0.4, 0.5) is 5.69 Å². The number of benzene rings is 2. The van der Waals surface area contributed by atoms with Crippen molar-refractivity contribution in [3.05, 3.63) is 65.2 Å². The van der Waals surface area contributed by atoms with Gasteiger partial charge < -0.3 is 10.6 Å². The van der Waals surface area contributed by atoms with E-state index in [1.807, 2.05) is 30.3 Å². The highest BCUT2D eigenvalue weighted by Crippen LogP contribution is 2.40. The maximum Gasteiger partial charge on any atom is 0.234 e. The highest BCUT2D eigenvalue weighted by molar-refractivity contribution is 6.02. The first-order chi connectivity index (χ1) is 16.4. The Labute approximate surface area is 203 Å². The van der Waals surface area contributed by atoms with Gasteiger partial charge >= 0.3 is 0 Å². The maximum absolute atomic E-state index is 13.9. The summed E-state index contributed by atoms with van der Waals surface area (Å²) in [6, 6.07) is 18.0. The fourth-order valence-electron chi connectivity index (χ4n) is 6.84. The van der Waals surface area contributed by atoms with E-state index in [0.717, 1.165) is 17.8 Å². The number of amidine groups is 1. The number of fused-ring (bicyclic) bond motifs is 1. The van der Waals surface area contributed by atoms with Crippen molar-refractivity contribution >= 4 is 17.4 Å². The second-order valence-corrected chi connectivity index (χ2v) is 10.8. The van der Waals surface area contributed by atoms with Gasteiger partial charge in [-0.2, -0.15) is 0 Å². The van der Waals surface area contributed by atoms with Crippen LogP contribution in [0.1, 0.15) is 75.0 Å². The number of anilines is 1. The van der Waals surface area contributed by atoms with Gasteiger partial charge in [0.05, 0.1) is 5.92 Å². The number of carbonyl (C=O) groups is 1. The summed E-state index contributed by atoms with van der Waals surface area (Å²) in [4.78, 5) is 18.7. The maximum atomic E-state index is 13.9. The Morgan fingerprint density at radius 2 is 1.79 bits per heavy atom. The molecule has 3 N–H and O–H groups in total. The molecule has 1 aliphatic carbocycles. The predicted molar refractivity (Wildman–Crippen MR) is 138 cm³/mol. The van der Waals surface area contributed by atoms with E-state index in [1.165, 1.54) is 44.1 Å². The number of amides is 1. The highest BCUT2D eigenvalue weighted by Gasteiger charge is 2.39. The van der Waals surface area contributed by atoms with Crippen LogP contribution in [-0.4, -0.2) is 41.3 Å². The lowest BCUT2D eigenvalue weighted by molar-refractivity contribution is -0.120. The summed E-state index contributed by atoms with van der Waals surface area (Å²) < 4.78 is 0. The second-order valence-electron chi connectivity index (χ2n) is 10.8. The Bertz CT molecular complexity index is 1060. The van der Waals surface area contributed by atoms with E-state index in [2.05, 4.69) is 41.8 Å². The minimum atomic E-state index is -0.228. The fraction of sp³-hybridized carbons (Fsp3) is 0.517. The smallest absolute Gasteiger partial charge is 0.234 e. The lowest BCUT2D eigenvalue weighted by Crippen LogP contribution is -2.49. The monoisotopic (exact) mass is 458 g/mol. The Morgan fingerprint density at radius 1 is 1.03 bits per heavy atom. The zero-order chi connectivity index (χ0) is 23.8. The number of nitrogens with one attached hydrogen (secondary N) is 1. The summed E-state index contributed by atoms with van der Waals surface area (Å²) in [7, 11) is 0. The van der Waals surface area contributed by atoms with E-state index < -0.39 is 0 Å². The highest BCUT2D eigenvalue weighted by atomic mass is 16.2. The van der Waals surface area contributed by atoms with E-state index >= 15 is 0 Å². The number of hydrogen-bond donors (Lipinski definition) is 2. The second kappa shape index (κ2) is 9.53. The average Bonchev–Trinajstić information content (AvgIpc) is 3.28. The van der Waals surface area contributed by atoms with Crippen LogP contribution >= 0.6 is 0 Å². The first-order valence-electron chi connectivity index (χ1n) is 13.0. The van der Waals surface area contributed by atoms with Gasteiger partial charge in [-0.15, -0.1) is 0 Å². The van der Waals surface area contributed by atoms with Gasteiger partial charge in [0.1, 0.15) is 5.84 Å². The van der Waals surface area contributed by atoms with Gasteiger partial charge in [-0.1, -0.05) is 42.8 Å². The molecule has 2 aliphatic heterocycles. The van der Waals surface area contributed by atoms with Crippen molar-refractivity contribution in [3.8, 4) is 0 Å². The molecule has 2 aromatic carbocycles. The molecule has 5 atom stereocenters. The van der Waals surface area contributed by atoms with Gasteiger partial charge in [0.25, 0.3) is 0 Å². The molecule has 0 bridgehead atoms. The number of piperidine rings is 1. The molecule has 2 heterocycles. The lowest BCUT2D eigenvalue weighted by atomic mass is 9.85. The Balaban J connectivity index is 1.37. The molecule has 180 valence electrons. The normalized spacial score (nSPS) is 29.8. The van der Waals surface area contributed by atoms with Gasteiger partial charge in [0, 0.05) is 35.9 Å². The van der Waals surface area contributed by atoms with Crippen molar-refractivity contribution < 1.29 is 4.79 Å². The summed E-state index contributed by atoms with van der Waals surface area (Å²) in [5.74, 6) is 0.530. The summed E-state index contributed by atoms with van der Waals surface area (Å²) in [5, 5.41) is 7.81. The zero-order valence-corrected chi connectivity index (χ0v) is 20.5. The molecule has 1 saturated carbocycles. The summed E-state index contributed by atoms with van der Waals surface area (Å²) >= 11 is 0. The van der Waals surface area contributed by atoms with Crippen LogP contribution in [-0.2, 0) is 11.2 Å². The third-order valence-electron chi connectivity index (χ3n) is 8.51. The third-order valence-corrected chi connectivity index (χ3v) is 8.51. The molecule has 0 radical (unpaired) electrons. The van der Waals surface area contributed by atoms with Crippen LogP contribution in [0.2, 0.25) is 0 Å². The van der Waals surface area contributed by atoms with Crippen LogP contribution in [0.15, 0.2) is 48.5 Å². The molecule has 0 aromatic heterocycles. The van der Waals surface area contributed by atoms with Crippen LogP contribution in [0.25, 0.3) is 0 Å². The quantitative estimate of drug-likeness (QED) is 0.485. The number of hydrogen-bond acceptors (Lipinski definition) is 3. The van der Waals surface area contributed by atoms with Crippen molar-refractivity contribution in [2.45, 2.75) is 82.8 Å². The predicted octanol–water partition coefficient (Wildman–Crippen LogP) is 5.08. The van der Waals surface area contributed by atoms with Crippen LogP contribution in [0, 0.1) is 11.3 Å². The molecular weight excluding hydrogens is 420 g/mol. The van der Waals surface area contributed by atoms with Crippen molar-refractivity contribution in [2.24, 2.45) is 11.7 Å². The number of likely N-dealkylation sites (tertiary alicyclic amines) is 1. The van der Waals surface area contributed by atoms with Crippen molar-refractivity contribution in [3.63, 3.8) is 0 Å². The van der Waals surface area contributed by atoms with E-state index in [0.29, 0.717) is 36.0 Å². The molecule has 5 heteroatoms. The standard InChI is InChI=1S/C29H38N4O/c1-19-7-5-8-20(2)33(19)25-14-13-21(15-25)18-32-27-12-4-3-9-23(27)17-26(29(32)34)22-10-6-11-24(16-22)28(30)31/h3-4,6,9-12,16,19-21,25-26H,5,7-8,13-15,17-18H2,1-2H3,(H3,30,31)/t19-,20+,21?,25?,26?. The Kier molecular flexibility index (Phi) is 6.48. The van der Waals surface area contributed by atoms with Gasteiger partial charge in [0.2, 0.25) is 5.91 Å². The molecule has 2 aromatic rings. The van der Waals surface area contributed by atoms with Crippen molar-refractivity contribution in [1.29, 1.82) is 5.41 Å². The van der Waals surface area contributed by atoms with E-state index in [4.69, 9.17) is 11.1 Å². The van der Waals surface area contributed by atoms with Gasteiger partial charge in [0.15, 0.2) is 0 Å². The number of nitrogens with two attached hydrogens (primary N) is 1. The first kappa shape index (κ1) is 23.1. The molecule has 3 aliphatic rings. The Morgan fingerprint density at radius 3 is 2.56 bits per heavy atom. The summed E-state index contributed by atoms with van der Waals surface area (Å²) in [5.41, 5.74) is 9.68. The first-order valence-corrected chi connectivity index (χ1v) is 13.0. The largest absolute Gasteiger partial charge is 0.384 e. The molecule has 5 nitrogen and oxygen atoms in total. The number of nitrogens with zero attached hydrogens (tertiary/aromatic N) is 2. The van der Waals surface area contributed by atoms with Gasteiger partial charge in [-0.3, -0.25) is 15.1 Å². The van der Waals surface area contributed by atoms with Gasteiger partial charge in [-0.05, 0) is 81.5 Å². The molecular formula is C29H38N4O. The SMILES string of the molecule is C[C@@H]1CCC[C@H](C)N1C1CCC(CN2C(=O)C(c3cccc(C(=N)N)c3)Cc3ccccc32)C1. The summed E-state index contributed by atoms with van der Waals surface area (Å²) in [6.45, 7) is 5.59. The van der Waals surface area contributed by atoms with E-state index in [-0.39, 0.29) is 17.7 Å². The molecule has 5 rings (SSSR count). The zero-order valence-electron chi connectivity index (χ0n) is 20.5. The number of para-hydroxylation sites is 1. The number of carbonyl (C=O) groups excluding carboxylic acids is 1. The number of rotatable bonds is 5. The Hall–Kier alpha value is -2.66. The fourth-order valence-corrected chi connectivity index (χ4v) is 6.84. The van der Waals surface area contributed by atoms with E-state index in [1.54, 1.807) is 0 Å². The molecule has 1 amide bonds. The van der Waals surface area contributed by atoms with E-state index in [9.17, 15) is 4.79 Å². The van der Waals surface area contributed by atoms with Crippen molar-refractivity contribution in [1.82, 2.24) is 4.90 Å².